The summed E-state index contributed by atoms with van der Waals surface area (Å²) in [6, 6.07) is 7.49. The molecule has 0 radical (unpaired) electrons. The Kier molecular flexibility index (Phi) is 7.05. The maximum absolute atomic E-state index is 12.1. The minimum absolute atomic E-state index is 0.0983. The molecule has 1 aliphatic rings. The number of piperazine rings is 1. The molecular formula is C18H28N4O3S. The topological polar surface area (TPSA) is 73.0 Å². The number of amides is 1. The van der Waals surface area contributed by atoms with E-state index in [0.29, 0.717) is 12.2 Å². The largest absolute Gasteiger partial charge is 0.369 e. The minimum atomic E-state index is -3.47. The molecule has 0 atom stereocenters. The van der Waals surface area contributed by atoms with Gasteiger partial charge in [0.2, 0.25) is 15.9 Å². The fraction of sp³-hybridized carbons (Fsp3) is 0.500. The van der Waals surface area contributed by atoms with Gasteiger partial charge in [0.05, 0.1) is 11.9 Å². The first-order valence-electron chi connectivity index (χ1n) is 8.70. The molecule has 0 aliphatic carbocycles. The van der Waals surface area contributed by atoms with Crippen LogP contribution in [0.15, 0.2) is 36.9 Å². The lowest BCUT2D eigenvalue weighted by Gasteiger charge is -2.34. The minimum Gasteiger partial charge on any atom is -0.369 e. The Hall–Kier alpha value is -2.06. The van der Waals surface area contributed by atoms with Crippen molar-refractivity contribution < 1.29 is 13.2 Å². The van der Waals surface area contributed by atoms with Gasteiger partial charge in [-0.15, -0.1) is 6.58 Å². The zero-order chi connectivity index (χ0) is 19.2. The number of hydrogen-bond donors (Lipinski definition) is 1. The Morgan fingerprint density at radius 3 is 2.38 bits per heavy atom. The predicted octanol–water partition coefficient (Wildman–Crippen LogP) is 0.897. The van der Waals surface area contributed by atoms with Crippen LogP contribution in [0.25, 0.3) is 0 Å². The number of carbonyl (C=O) groups excluding carboxylic acids is 1. The highest BCUT2D eigenvalue weighted by atomic mass is 32.2. The summed E-state index contributed by atoms with van der Waals surface area (Å²) in [6.07, 6.45) is 2.84. The molecule has 2 rings (SSSR count). The number of hydrogen-bond acceptors (Lipinski definition) is 5. The number of likely N-dealkylation sites (N-methyl/N-ethyl adjacent to an activating group) is 1. The zero-order valence-corrected chi connectivity index (χ0v) is 16.3. The lowest BCUT2D eigenvalue weighted by Crippen LogP contribution is -2.44. The molecule has 7 nitrogen and oxygen atoms in total. The third kappa shape index (κ3) is 5.74. The van der Waals surface area contributed by atoms with Crippen molar-refractivity contribution in [2.75, 3.05) is 61.8 Å². The van der Waals surface area contributed by atoms with Crippen molar-refractivity contribution in [2.45, 2.75) is 6.42 Å². The Labute approximate surface area is 156 Å². The van der Waals surface area contributed by atoms with Crippen molar-refractivity contribution in [3.8, 4) is 0 Å². The first kappa shape index (κ1) is 20.3. The van der Waals surface area contributed by atoms with E-state index in [1.807, 2.05) is 12.1 Å². The Bertz CT molecular complexity index is 710. The van der Waals surface area contributed by atoms with Gasteiger partial charge in [0.15, 0.2) is 0 Å². The lowest BCUT2D eigenvalue weighted by molar-refractivity contribution is -0.120. The van der Waals surface area contributed by atoms with Crippen LogP contribution in [0.1, 0.15) is 6.42 Å². The van der Waals surface area contributed by atoms with Crippen LogP contribution in [0.3, 0.4) is 0 Å². The highest BCUT2D eigenvalue weighted by Crippen LogP contribution is 2.23. The van der Waals surface area contributed by atoms with Crippen molar-refractivity contribution in [3.05, 3.63) is 36.9 Å². The van der Waals surface area contributed by atoms with Crippen molar-refractivity contribution in [2.24, 2.45) is 0 Å². The van der Waals surface area contributed by atoms with Crippen molar-refractivity contribution in [1.82, 2.24) is 10.2 Å². The maximum atomic E-state index is 12.1. The summed E-state index contributed by atoms with van der Waals surface area (Å²) < 4.78 is 25.6. The first-order chi connectivity index (χ1) is 12.3. The number of sulfonamides is 1. The number of carbonyl (C=O) groups is 1. The van der Waals surface area contributed by atoms with Crippen molar-refractivity contribution in [1.29, 1.82) is 0 Å². The average molecular weight is 381 g/mol. The van der Waals surface area contributed by atoms with Crippen LogP contribution in [0, 0.1) is 0 Å². The quantitative estimate of drug-likeness (QED) is 0.679. The fourth-order valence-corrected chi connectivity index (χ4v) is 3.79. The van der Waals surface area contributed by atoms with Gasteiger partial charge in [0.25, 0.3) is 0 Å². The van der Waals surface area contributed by atoms with E-state index in [2.05, 4.69) is 28.7 Å². The molecule has 26 heavy (non-hydrogen) atoms. The molecule has 1 fully saturated rings. The first-order valence-corrected chi connectivity index (χ1v) is 10.5. The highest BCUT2D eigenvalue weighted by Gasteiger charge is 2.19. The van der Waals surface area contributed by atoms with Crippen molar-refractivity contribution in [3.63, 3.8) is 0 Å². The van der Waals surface area contributed by atoms with Gasteiger partial charge < -0.3 is 15.1 Å². The van der Waals surface area contributed by atoms with E-state index in [9.17, 15) is 13.2 Å². The molecule has 144 valence electrons. The third-order valence-electron chi connectivity index (χ3n) is 4.39. The SMILES string of the molecule is C=CCNC(=O)CCN(c1ccc(N2CCN(C)CC2)cc1)S(C)(=O)=O. The number of nitrogens with one attached hydrogen (secondary N) is 1. The van der Waals surface area contributed by atoms with Crippen LogP contribution >= 0.6 is 0 Å². The van der Waals surface area contributed by atoms with E-state index < -0.39 is 10.0 Å². The van der Waals surface area contributed by atoms with Gasteiger partial charge >= 0.3 is 0 Å². The molecule has 0 unspecified atom stereocenters. The molecule has 1 aromatic carbocycles. The van der Waals surface area contributed by atoms with Gasteiger partial charge in [0, 0.05) is 51.4 Å². The summed E-state index contributed by atoms with van der Waals surface area (Å²) in [7, 11) is -1.36. The Morgan fingerprint density at radius 2 is 1.85 bits per heavy atom. The van der Waals surface area contributed by atoms with Gasteiger partial charge in [0.1, 0.15) is 0 Å². The lowest BCUT2D eigenvalue weighted by atomic mass is 10.2. The Morgan fingerprint density at radius 1 is 1.23 bits per heavy atom. The molecule has 0 bridgehead atoms. The van der Waals surface area contributed by atoms with Gasteiger partial charge in [-0.3, -0.25) is 9.10 Å². The average Bonchev–Trinajstić information content (AvgIpc) is 2.60. The van der Waals surface area contributed by atoms with Gasteiger partial charge in [-0.25, -0.2) is 8.42 Å². The van der Waals surface area contributed by atoms with E-state index in [1.165, 1.54) is 4.31 Å². The third-order valence-corrected chi connectivity index (χ3v) is 5.59. The maximum Gasteiger partial charge on any atom is 0.232 e. The molecule has 1 aromatic rings. The molecule has 0 spiro atoms. The van der Waals surface area contributed by atoms with E-state index >= 15 is 0 Å². The van der Waals surface area contributed by atoms with Crippen LogP contribution in [0.4, 0.5) is 11.4 Å². The number of benzene rings is 1. The molecule has 1 N–H and O–H groups in total. The highest BCUT2D eigenvalue weighted by molar-refractivity contribution is 7.92. The summed E-state index contributed by atoms with van der Waals surface area (Å²) in [5, 5.41) is 2.66. The van der Waals surface area contributed by atoms with Gasteiger partial charge in [-0.05, 0) is 31.3 Å². The summed E-state index contributed by atoms with van der Waals surface area (Å²) >= 11 is 0. The molecule has 0 saturated carbocycles. The predicted molar refractivity (Wildman–Crippen MR) is 106 cm³/mol. The van der Waals surface area contributed by atoms with Crippen molar-refractivity contribution >= 4 is 27.3 Å². The van der Waals surface area contributed by atoms with E-state index in [1.54, 1.807) is 18.2 Å². The second-order valence-electron chi connectivity index (χ2n) is 6.48. The fourth-order valence-electron chi connectivity index (χ4n) is 2.86. The standard InChI is InChI=1S/C18H28N4O3S/c1-4-10-19-18(23)9-11-22(26(3,24)25)17-7-5-16(6-8-17)21-14-12-20(2)13-15-21/h4-8H,1,9-15H2,2-3H3,(H,19,23). The smallest absolute Gasteiger partial charge is 0.232 e. The number of anilines is 2. The number of nitrogens with zero attached hydrogens (tertiary/aromatic N) is 3. The monoisotopic (exact) mass is 380 g/mol. The van der Waals surface area contributed by atoms with Crippen LogP contribution in [0.2, 0.25) is 0 Å². The second kappa shape index (κ2) is 9.05. The van der Waals surface area contributed by atoms with Crippen LogP contribution in [-0.2, 0) is 14.8 Å². The van der Waals surface area contributed by atoms with E-state index in [4.69, 9.17) is 0 Å². The molecule has 8 heteroatoms. The number of rotatable bonds is 8. The molecule has 1 aliphatic heterocycles. The van der Waals surface area contributed by atoms with Crippen LogP contribution in [0.5, 0.6) is 0 Å². The van der Waals surface area contributed by atoms with Gasteiger partial charge in [-0.2, -0.15) is 0 Å². The van der Waals surface area contributed by atoms with E-state index in [-0.39, 0.29) is 18.9 Å². The molecule has 1 heterocycles. The van der Waals surface area contributed by atoms with Crippen LogP contribution in [-0.4, -0.2) is 71.8 Å². The van der Waals surface area contributed by atoms with Crippen LogP contribution < -0.4 is 14.5 Å². The summed E-state index contributed by atoms with van der Waals surface area (Å²) in [6.45, 7) is 7.95. The van der Waals surface area contributed by atoms with E-state index in [0.717, 1.165) is 38.1 Å². The summed E-state index contributed by atoms with van der Waals surface area (Å²) in [4.78, 5) is 16.3. The summed E-state index contributed by atoms with van der Waals surface area (Å²) in [5.41, 5.74) is 1.65. The normalized spacial score (nSPS) is 15.5. The molecular weight excluding hydrogens is 352 g/mol. The molecule has 1 amide bonds. The molecule has 0 aromatic heterocycles. The molecule has 1 saturated heterocycles. The van der Waals surface area contributed by atoms with Gasteiger partial charge in [-0.1, -0.05) is 6.08 Å². The summed E-state index contributed by atoms with van der Waals surface area (Å²) in [5.74, 6) is -0.201. The second-order valence-corrected chi connectivity index (χ2v) is 8.39. The Balaban J connectivity index is 2.06. The zero-order valence-electron chi connectivity index (χ0n) is 15.5.